The maximum absolute atomic E-state index is 11.8. The molecule has 8 heteroatoms. The summed E-state index contributed by atoms with van der Waals surface area (Å²) in [7, 11) is 0. The van der Waals surface area contributed by atoms with E-state index >= 15 is 0 Å². The lowest BCUT2D eigenvalue weighted by molar-refractivity contribution is -0.118. The lowest BCUT2D eigenvalue weighted by atomic mass is 10.1. The van der Waals surface area contributed by atoms with Crippen LogP contribution >= 0.6 is 22.6 Å². The van der Waals surface area contributed by atoms with E-state index in [4.69, 9.17) is 5.53 Å². The summed E-state index contributed by atoms with van der Waals surface area (Å²) in [6.45, 7) is 1.05. The molecule has 114 valence electrons. The number of aromatic hydroxyl groups is 1. The molecular formula is C13H17IN4O3. The zero-order chi connectivity index (χ0) is 15.7. The Labute approximate surface area is 136 Å². The highest BCUT2D eigenvalue weighted by Gasteiger charge is 2.10. The summed E-state index contributed by atoms with van der Waals surface area (Å²) in [6.07, 6.45) is 1.50. The molecule has 0 aliphatic heterocycles. The molecule has 0 heterocycles. The van der Waals surface area contributed by atoms with Crippen LogP contribution in [0.15, 0.2) is 23.3 Å². The standard InChI is InChI=1S/C13H17IN4O3/c14-8-12(20)16-5-1-2-6-17-13(21)10-4-3-9(18-15)7-11(10)19/h3-4,7,15,19H,1-2,5-6,8H2,(H,16,20)(H,17,21). The molecule has 0 aliphatic rings. The number of unbranched alkanes of at least 4 members (excludes halogenated alkanes) is 1. The van der Waals surface area contributed by atoms with Gasteiger partial charge in [-0.15, -0.1) is 0 Å². The largest absolute Gasteiger partial charge is 0.507 e. The van der Waals surface area contributed by atoms with E-state index in [9.17, 15) is 14.7 Å². The number of nitrogens with one attached hydrogen (secondary N) is 3. The number of carbonyl (C=O) groups is 2. The van der Waals surface area contributed by atoms with Gasteiger partial charge in [0.1, 0.15) is 5.75 Å². The fourth-order valence-electron chi connectivity index (χ4n) is 1.60. The van der Waals surface area contributed by atoms with Crippen LogP contribution in [-0.4, -0.2) is 34.4 Å². The maximum Gasteiger partial charge on any atom is 0.255 e. The van der Waals surface area contributed by atoms with Crippen molar-refractivity contribution in [3.8, 4) is 5.75 Å². The second kappa shape index (κ2) is 9.27. The van der Waals surface area contributed by atoms with Crippen LogP contribution < -0.4 is 10.6 Å². The monoisotopic (exact) mass is 404 g/mol. The van der Waals surface area contributed by atoms with Crippen molar-refractivity contribution in [1.29, 1.82) is 5.53 Å². The SMILES string of the molecule is N=Nc1ccc(C(=O)NCCCCNC(=O)CI)c(O)c1. The van der Waals surface area contributed by atoms with E-state index in [0.717, 1.165) is 12.8 Å². The quantitative estimate of drug-likeness (QED) is 0.230. The minimum Gasteiger partial charge on any atom is -0.507 e. The first-order chi connectivity index (χ1) is 10.1. The summed E-state index contributed by atoms with van der Waals surface area (Å²) in [5, 5.41) is 18.3. The Hall–Kier alpha value is -1.71. The molecule has 4 N–H and O–H groups in total. The van der Waals surface area contributed by atoms with Crippen molar-refractivity contribution in [3.63, 3.8) is 0 Å². The van der Waals surface area contributed by atoms with Gasteiger partial charge in [0.15, 0.2) is 0 Å². The second-order valence-corrected chi connectivity index (χ2v) is 5.02. The number of halogens is 1. The van der Waals surface area contributed by atoms with Crippen LogP contribution in [0, 0.1) is 5.53 Å². The summed E-state index contributed by atoms with van der Waals surface area (Å²) in [5.74, 6) is -0.569. The van der Waals surface area contributed by atoms with E-state index in [0.29, 0.717) is 17.5 Å². The summed E-state index contributed by atoms with van der Waals surface area (Å²) in [6, 6.07) is 4.18. The number of hydrogen-bond donors (Lipinski definition) is 4. The summed E-state index contributed by atoms with van der Waals surface area (Å²) < 4.78 is 0.439. The Balaban J connectivity index is 2.31. The Morgan fingerprint density at radius 1 is 1.24 bits per heavy atom. The maximum atomic E-state index is 11.8. The van der Waals surface area contributed by atoms with Crippen LogP contribution in [0.3, 0.4) is 0 Å². The molecule has 1 aromatic rings. The van der Waals surface area contributed by atoms with Gasteiger partial charge >= 0.3 is 0 Å². The summed E-state index contributed by atoms with van der Waals surface area (Å²) >= 11 is 1.99. The molecule has 21 heavy (non-hydrogen) atoms. The second-order valence-electron chi connectivity index (χ2n) is 4.26. The minimum absolute atomic E-state index is 0.00413. The van der Waals surface area contributed by atoms with Crippen molar-refractivity contribution in [2.24, 2.45) is 5.11 Å². The van der Waals surface area contributed by atoms with Crippen LogP contribution in [0.5, 0.6) is 5.75 Å². The van der Waals surface area contributed by atoms with E-state index in [1.165, 1.54) is 18.2 Å². The van der Waals surface area contributed by atoms with Crippen LogP contribution in [-0.2, 0) is 4.79 Å². The minimum atomic E-state index is -0.375. The van der Waals surface area contributed by atoms with Crippen molar-refractivity contribution in [2.75, 3.05) is 17.5 Å². The van der Waals surface area contributed by atoms with E-state index in [-0.39, 0.29) is 28.8 Å². The van der Waals surface area contributed by atoms with Crippen LogP contribution in [0.25, 0.3) is 0 Å². The van der Waals surface area contributed by atoms with E-state index < -0.39 is 0 Å². The van der Waals surface area contributed by atoms with E-state index in [2.05, 4.69) is 15.7 Å². The van der Waals surface area contributed by atoms with Crippen molar-refractivity contribution in [3.05, 3.63) is 23.8 Å². The average Bonchev–Trinajstić information content (AvgIpc) is 2.49. The fraction of sp³-hybridized carbons (Fsp3) is 0.385. The highest BCUT2D eigenvalue weighted by molar-refractivity contribution is 14.1. The number of phenols is 1. The molecule has 0 radical (unpaired) electrons. The van der Waals surface area contributed by atoms with Gasteiger partial charge in [0, 0.05) is 19.2 Å². The van der Waals surface area contributed by atoms with Crippen LogP contribution in [0.1, 0.15) is 23.2 Å². The average molecular weight is 404 g/mol. The normalized spacial score (nSPS) is 9.95. The lowest BCUT2D eigenvalue weighted by Gasteiger charge is -2.07. The molecule has 0 unspecified atom stereocenters. The predicted molar refractivity (Wildman–Crippen MR) is 86.4 cm³/mol. The predicted octanol–water partition coefficient (Wildman–Crippen LogP) is 2.12. The van der Waals surface area contributed by atoms with Crippen LogP contribution in [0.2, 0.25) is 0 Å². The van der Waals surface area contributed by atoms with Gasteiger partial charge in [-0.1, -0.05) is 22.6 Å². The molecule has 1 aromatic carbocycles. The van der Waals surface area contributed by atoms with Crippen LogP contribution in [0.4, 0.5) is 5.69 Å². The zero-order valence-corrected chi connectivity index (χ0v) is 13.5. The Kier molecular flexibility index (Phi) is 7.65. The molecule has 0 atom stereocenters. The van der Waals surface area contributed by atoms with Gasteiger partial charge in [-0.05, 0) is 25.0 Å². The number of carbonyl (C=O) groups excluding carboxylic acids is 2. The van der Waals surface area contributed by atoms with Gasteiger partial charge in [0.25, 0.3) is 5.91 Å². The number of phenolic OH excluding ortho intramolecular Hbond substituents is 1. The molecule has 0 spiro atoms. The van der Waals surface area contributed by atoms with Gasteiger partial charge < -0.3 is 15.7 Å². The lowest BCUT2D eigenvalue weighted by Crippen LogP contribution is -2.27. The third-order valence-electron chi connectivity index (χ3n) is 2.69. The van der Waals surface area contributed by atoms with E-state index in [1.807, 2.05) is 22.6 Å². The fourth-order valence-corrected chi connectivity index (χ4v) is 1.87. The molecule has 2 amide bonds. The number of nitrogens with zero attached hydrogens (tertiary/aromatic N) is 1. The molecule has 1 rings (SSSR count). The number of amides is 2. The third-order valence-corrected chi connectivity index (χ3v) is 3.38. The zero-order valence-electron chi connectivity index (χ0n) is 11.4. The topological polar surface area (TPSA) is 115 Å². The van der Waals surface area contributed by atoms with Crippen molar-refractivity contribution >= 4 is 40.1 Å². The molecular weight excluding hydrogens is 387 g/mol. The number of alkyl halides is 1. The van der Waals surface area contributed by atoms with Gasteiger partial charge in [-0.25, -0.2) is 5.53 Å². The Morgan fingerprint density at radius 3 is 2.48 bits per heavy atom. The number of benzene rings is 1. The van der Waals surface area contributed by atoms with Gasteiger partial charge in [-0.2, -0.15) is 5.11 Å². The van der Waals surface area contributed by atoms with Gasteiger partial charge in [0.2, 0.25) is 5.91 Å². The summed E-state index contributed by atoms with van der Waals surface area (Å²) in [5.41, 5.74) is 7.26. The molecule has 0 bridgehead atoms. The Bertz CT molecular complexity index is 522. The summed E-state index contributed by atoms with van der Waals surface area (Å²) in [4.78, 5) is 22.8. The number of rotatable bonds is 8. The van der Waals surface area contributed by atoms with Crippen molar-refractivity contribution in [1.82, 2.24) is 10.6 Å². The molecule has 0 aromatic heterocycles. The smallest absolute Gasteiger partial charge is 0.255 e. The van der Waals surface area contributed by atoms with Crippen molar-refractivity contribution < 1.29 is 14.7 Å². The van der Waals surface area contributed by atoms with Gasteiger partial charge in [-0.3, -0.25) is 9.59 Å². The third kappa shape index (κ3) is 6.06. The molecule has 0 fully saturated rings. The molecule has 0 saturated carbocycles. The molecule has 0 aliphatic carbocycles. The van der Waals surface area contributed by atoms with E-state index in [1.54, 1.807) is 0 Å². The highest BCUT2D eigenvalue weighted by Crippen LogP contribution is 2.23. The number of hydrogen-bond acceptors (Lipinski definition) is 5. The molecule has 7 nitrogen and oxygen atoms in total. The van der Waals surface area contributed by atoms with Gasteiger partial charge in [0.05, 0.1) is 15.7 Å². The highest BCUT2D eigenvalue weighted by atomic mass is 127. The first kappa shape index (κ1) is 17.3. The molecule has 0 saturated heterocycles. The Morgan fingerprint density at radius 2 is 1.90 bits per heavy atom. The van der Waals surface area contributed by atoms with Crippen molar-refractivity contribution in [2.45, 2.75) is 12.8 Å². The first-order valence-electron chi connectivity index (χ1n) is 6.40. The first-order valence-corrected chi connectivity index (χ1v) is 7.92.